The number of amides is 2. The van der Waals surface area contributed by atoms with Gasteiger partial charge in [0, 0.05) is 36.4 Å². The van der Waals surface area contributed by atoms with Crippen LogP contribution < -0.4 is 10.6 Å². The first-order valence-corrected chi connectivity index (χ1v) is 15.1. The summed E-state index contributed by atoms with van der Waals surface area (Å²) in [6.07, 6.45) is 8.52. The Labute approximate surface area is 223 Å². The quantitative estimate of drug-likeness (QED) is 0.298. The molecule has 0 spiro atoms. The van der Waals surface area contributed by atoms with E-state index in [0.29, 0.717) is 17.2 Å². The Morgan fingerprint density at radius 2 is 1.24 bits per heavy atom. The zero-order chi connectivity index (χ0) is 28.6. The average molecular weight is 537 g/mol. The molecule has 2 heterocycles. The number of anilines is 2. The molecule has 38 heavy (non-hydrogen) atoms. The Morgan fingerprint density at radius 1 is 0.789 bits per heavy atom. The molecule has 0 saturated carbocycles. The third-order valence-electron chi connectivity index (χ3n) is 4.38. The molecule has 200 valence electrons. The van der Waals surface area contributed by atoms with Crippen LogP contribution in [0.4, 0.5) is 11.6 Å². The fourth-order valence-corrected chi connectivity index (χ4v) is 2.92. The van der Waals surface area contributed by atoms with Gasteiger partial charge in [0.25, 0.3) is 0 Å². The lowest BCUT2D eigenvalue weighted by Gasteiger charge is -2.05. The Bertz CT molecular complexity index is 1200. The van der Waals surface area contributed by atoms with E-state index in [1.54, 1.807) is 24.4 Å². The molecule has 0 aliphatic rings. The summed E-state index contributed by atoms with van der Waals surface area (Å²) in [6, 6.07) is 6.79. The first-order chi connectivity index (χ1) is 17.9. The van der Waals surface area contributed by atoms with E-state index in [4.69, 9.17) is 6.42 Å². The predicted molar refractivity (Wildman–Crippen MR) is 146 cm³/mol. The number of ether oxygens (including phenoxy) is 2. The van der Waals surface area contributed by atoms with Crippen molar-refractivity contribution in [3.8, 4) is 23.8 Å². The zero-order valence-electron chi connectivity index (χ0n) is 22.2. The highest BCUT2D eigenvalue weighted by Crippen LogP contribution is 2.07. The summed E-state index contributed by atoms with van der Waals surface area (Å²) in [5.74, 6) is 4.96. The second-order valence-corrected chi connectivity index (χ2v) is 13.5. The van der Waals surface area contributed by atoms with Gasteiger partial charge in [-0.3, -0.25) is 19.2 Å². The highest BCUT2D eigenvalue weighted by molar-refractivity contribution is 6.83. The van der Waals surface area contributed by atoms with E-state index in [9.17, 15) is 19.2 Å². The van der Waals surface area contributed by atoms with Crippen LogP contribution in [0.1, 0.15) is 36.8 Å². The number of terminal acetylenes is 1. The summed E-state index contributed by atoms with van der Waals surface area (Å²) in [5.41, 5.74) is 4.71. The van der Waals surface area contributed by atoms with Gasteiger partial charge in [-0.15, -0.1) is 12.0 Å². The number of methoxy groups -OCH3 is 2. The molecular formula is C27H32N4O6Si. The van der Waals surface area contributed by atoms with Gasteiger partial charge in [0.05, 0.1) is 27.1 Å². The minimum Gasteiger partial charge on any atom is -0.469 e. The van der Waals surface area contributed by atoms with Gasteiger partial charge in [-0.2, -0.15) is 0 Å². The highest BCUT2D eigenvalue weighted by Gasteiger charge is 2.09. The summed E-state index contributed by atoms with van der Waals surface area (Å²) in [6.45, 7) is 6.51. The van der Waals surface area contributed by atoms with Gasteiger partial charge in [-0.1, -0.05) is 31.5 Å². The fourth-order valence-electron chi connectivity index (χ4n) is 2.40. The number of rotatable bonds is 8. The summed E-state index contributed by atoms with van der Waals surface area (Å²) < 4.78 is 8.90. The molecule has 0 aliphatic carbocycles. The number of aromatic nitrogens is 2. The number of nitrogens with one attached hydrogen (secondary N) is 2. The topological polar surface area (TPSA) is 137 Å². The maximum Gasteiger partial charge on any atom is 0.306 e. The number of esters is 2. The van der Waals surface area contributed by atoms with Gasteiger partial charge < -0.3 is 20.1 Å². The Morgan fingerprint density at radius 3 is 1.58 bits per heavy atom. The lowest BCUT2D eigenvalue weighted by Crippen LogP contribution is -2.16. The van der Waals surface area contributed by atoms with E-state index in [1.165, 1.54) is 20.4 Å². The van der Waals surface area contributed by atoms with Crippen LogP contribution in [0, 0.1) is 23.8 Å². The third-order valence-corrected chi connectivity index (χ3v) is 5.25. The van der Waals surface area contributed by atoms with Crippen molar-refractivity contribution in [2.24, 2.45) is 0 Å². The second kappa shape index (κ2) is 16.3. The highest BCUT2D eigenvalue weighted by atomic mass is 28.3. The minimum absolute atomic E-state index is 0.0464. The summed E-state index contributed by atoms with van der Waals surface area (Å²) in [5, 5.41) is 5.17. The SMILES string of the molecule is C#Cc1ccc(NC(=O)CCC(=O)OC)nc1.COC(=O)CCC(=O)Nc1ccc(C#C[Si](C)(C)C)cn1. The van der Waals surface area contributed by atoms with Crippen LogP contribution in [0.2, 0.25) is 19.6 Å². The summed E-state index contributed by atoms with van der Waals surface area (Å²) >= 11 is 0. The smallest absolute Gasteiger partial charge is 0.306 e. The van der Waals surface area contributed by atoms with Crippen LogP contribution in [0.15, 0.2) is 36.7 Å². The van der Waals surface area contributed by atoms with E-state index >= 15 is 0 Å². The van der Waals surface area contributed by atoms with Gasteiger partial charge in [-0.05, 0) is 24.3 Å². The van der Waals surface area contributed by atoms with Gasteiger partial charge in [0.15, 0.2) is 0 Å². The molecule has 2 rings (SSSR count). The largest absolute Gasteiger partial charge is 0.469 e. The molecule has 11 heteroatoms. The monoisotopic (exact) mass is 536 g/mol. The van der Waals surface area contributed by atoms with E-state index in [0.717, 1.165) is 5.56 Å². The van der Waals surface area contributed by atoms with Gasteiger partial charge in [0.2, 0.25) is 11.8 Å². The van der Waals surface area contributed by atoms with Crippen molar-refractivity contribution in [2.75, 3.05) is 24.9 Å². The van der Waals surface area contributed by atoms with Crippen molar-refractivity contribution >= 4 is 43.5 Å². The van der Waals surface area contributed by atoms with E-state index in [-0.39, 0.29) is 37.5 Å². The number of carbonyl (C=O) groups excluding carboxylic acids is 4. The molecule has 0 aliphatic heterocycles. The first kappa shape index (κ1) is 31.5. The maximum atomic E-state index is 11.6. The van der Waals surface area contributed by atoms with Gasteiger partial charge in [0.1, 0.15) is 19.7 Å². The van der Waals surface area contributed by atoms with E-state index in [2.05, 4.69) is 67.1 Å². The van der Waals surface area contributed by atoms with Crippen molar-refractivity contribution < 1.29 is 28.7 Å². The van der Waals surface area contributed by atoms with E-state index < -0.39 is 20.0 Å². The standard InChI is InChI=1S/C15H20N2O3Si.C12H12N2O3/c1-20-15(19)8-7-14(18)17-13-6-5-12(11-16-13)9-10-21(2,3)4;1-3-9-4-5-10(13-8-9)14-11(15)6-7-12(16)17-2/h5-6,11H,7-8H2,1-4H3,(H,16,17,18);1,4-5,8H,6-7H2,2H3,(H,13,14,15). The fraction of sp³-hybridized carbons (Fsp3) is 0.333. The molecule has 0 saturated heterocycles. The Hall–Kier alpha value is -4.48. The molecule has 0 atom stereocenters. The summed E-state index contributed by atoms with van der Waals surface area (Å²) in [4.78, 5) is 52.8. The van der Waals surface area contributed by atoms with Gasteiger partial charge >= 0.3 is 11.9 Å². The van der Waals surface area contributed by atoms with Crippen LogP contribution >= 0.6 is 0 Å². The van der Waals surface area contributed by atoms with Crippen LogP contribution in [-0.4, -0.2) is 56.0 Å². The number of hydrogen-bond acceptors (Lipinski definition) is 8. The molecule has 2 aromatic rings. The zero-order valence-corrected chi connectivity index (χ0v) is 23.2. The lowest BCUT2D eigenvalue weighted by molar-refractivity contribution is -0.142. The normalized spacial score (nSPS) is 9.79. The molecule has 0 radical (unpaired) electrons. The number of nitrogens with zero attached hydrogens (tertiary/aromatic N) is 2. The molecule has 10 nitrogen and oxygen atoms in total. The van der Waals surface area contributed by atoms with Gasteiger partial charge in [-0.25, -0.2) is 9.97 Å². The lowest BCUT2D eigenvalue weighted by atomic mass is 10.3. The molecule has 2 amide bonds. The van der Waals surface area contributed by atoms with Crippen molar-refractivity contribution in [3.63, 3.8) is 0 Å². The van der Waals surface area contributed by atoms with Crippen molar-refractivity contribution in [1.29, 1.82) is 0 Å². The molecule has 2 aromatic heterocycles. The van der Waals surface area contributed by atoms with Crippen LogP contribution in [0.25, 0.3) is 0 Å². The molecule has 0 aromatic carbocycles. The maximum absolute atomic E-state index is 11.6. The third kappa shape index (κ3) is 14.2. The predicted octanol–water partition coefficient (Wildman–Crippen LogP) is 3.16. The Balaban J connectivity index is 0.000000389. The Kier molecular flexibility index (Phi) is 13.5. The first-order valence-electron chi connectivity index (χ1n) is 11.6. The molecular weight excluding hydrogens is 504 g/mol. The number of carbonyl (C=O) groups is 4. The minimum atomic E-state index is -1.41. The average Bonchev–Trinajstić information content (AvgIpc) is 2.90. The number of pyridine rings is 2. The van der Waals surface area contributed by atoms with Crippen LogP contribution in [0.5, 0.6) is 0 Å². The molecule has 0 unspecified atom stereocenters. The van der Waals surface area contributed by atoms with Crippen molar-refractivity contribution in [3.05, 3.63) is 47.8 Å². The summed E-state index contributed by atoms with van der Waals surface area (Å²) in [7, 11) is 1.16. The van der Waals surface area contributed by atoms with Crippen molar-refractivity contribution in [1.82, 2.24) is 9.97 Å². The molecule has 0 fully saturated rings. The number of hydrogen-bond donors (Lipinski definition) is 2. The molecule has 0 bridgehead atoms. The second-order valence-electron chi connectivity index (χ2n) is 8.76. The van der Waals surface area contributed by atoms with Crippen molar-refractivity contribution in [2.45, 2.75) is 45.3 Å². The molecule has 2 N–H and O–H groups in total. The van der Waals surface area contributed by atoms with Crippen LogP contribution in [-0.2, 0) is 28.7 Å². The van der Waals surface area contributed by atoms with E-state index in [1.807, 2.05) is 6.07 Å². The van der Waals surface area contributed by atoms with Crippen LogP contribution in [0.3, 0.4) is 0 Å².